The molecular formula is C8H12O2. The van der Waals surface area contributed by atoms with Crippen molar-refractivity contribution in [2.45, 2.75) is 25.7 Å². The largest absolute Gasteiger partial charge is 0.481 e. The van der Waals surface area contributed by atoms with E-state index >= 15 is 0 Å². The van der Waals surface area contributed by atoms with Crippen LogP contribution < -0.4 is 0 Å². The summed E-state index contributed by atoms with van der Waals surface area (Å²) in [5, 5.41) is 8.51. The molecule has 10 heavy (non-hydrogen) atoms. The van der Waals surface area contributed by atoms with Gasteiger partial charge in [-0.15, -0.1) is 0 Å². The number of rotatable bonds is 2. The van der Waals surface area contributed by atoms with Crippen molar-refractivity contribution in [3.63, 3.8) is 0 Å². The molecule has 0 aromatic carbocycles. The summed E-state index contributed by atoms with van der Waals surface area (Å²) in [6.07, 6.45) is 4.20. The Bertz CT molecular complexity index is 165. The van der Waals surface area contributed by atoms with Crippen LogP contribution in [0.15, 0.2) is 0 Å². The molecule has 2 aliphatic carbocycles. The number of carboxylic acids is 1. The van der Waals surface area contributed by atoms with Gasteiger partial charge in [0.1, 0.15) is 0 Å². The lowest BCUT2D eigenvalue weighted by Crippen LogP contribution is -2.06. The van der Waals surface area contributed by atoms with E-state index in [0.717, 1.165) is 11.8 Å². The minimum absolute atomic E-state index is 0.418. The smallest absolute Gasteiger partial charge is 0.303 e. The van der Waals surface area contributed by atoms with E-state index in [0.29, 0.717) is 12.3 Å². The predicted octanol–water partition coefficient (Wildman–Crippen LogP) is 1.51. The minimum Gasteiger partial charge on any atom is -0.481 e. The molecule has 0 heterocycles. The molecule has 2 fully saturated rings. The summed E-state index contributed by atoms with van der Waals surface area (Å²) in [5.74, 6) is 1.64. The summed E-state index contributed by atoms with van der Waals surface area (Å²) >= 11 is 0. The first-order valence-electron chi connectivity index (χ1n) is 3.99. The molecule has 0 bridgehead atoms. The third-order valence-electron chi connectivity index (χ3n) is 2.93. The fourth-order valence-electron chi connectivity index (χ4n) is 2.30. The standard InChI is InChI=1S/C8H12O2/c9-8(10)4-6-2-1-5-3-7(5)6/h5-7H,1-4H2,(H,9,10)/t5-,6+,7-/m1/s1. The zero-order chi connectivity index (χ0) is 7.14. The monoisotopic (exact) mass is 140 g/mol. The minimum atomic E-state index is -0.613. The third kappa shape index (κ3) is 0.917. The van der Waals surface area contributed by atoms with Gasteiger partial charge in [0.2, 0.25) is 0 Å². The van der Waals surface area contributed by atoms with E-state index in [1.807, 2.05) is 0 Å². The Morgan fingerprint density at radius 2 is 2.30 bits per heavy atom. The number of aliphatic carboxylic acids is 1. The van der Waals surface area contributed by atoms with E-state index in [-0.39, 0.29) is 0 Å². The summed E-state index contributed by atoms with van der Waals surface area (Å²) in [6, 6.07) is 0. The van der Waals surface area contributed by atoms with Crippen LogP contribution in [0.5, 0.6) is 0 Å². The van der Waals surface area contributed by atoms with Gasteiger partial charge in [0.15, 0.2) is 0 Å². The van der Waals surface area contributed by atoms with Crippen molar-refractivity contribution in [3.8, 4) is 0 Å². The lowest BCUT2D eigenvalue weighted by Gasteiger charge is -2.05. The molecule has 2 saturated carbocycles. The van der Waals surface area contributed by atoms with Crippen LogP contribution in [0.4, 0.5) is 0 Å². The Morgan fingerprint density at radius 1 is 1.50 bits per heavy atom. The van der Waals surface area contributed by atoms with Crippen LogP contribution in [0.2, 0.25) is 0 Å². The Morgan fingerprint density at radius 3 is 2.70 bits per heavy atom. The maximum absolute atomic E-state index is 10.3. The highest BCUT2D eigenvalue weighted by Crippen LogP contribution is 2.56. The van der Waals surface area contributed by atoms with Crippen LogP contribution >= 0.6 is 0 Å². The van der Waals surface area contributed by atoms with Crippen LogP contribution in [0, 0.1) is 17.8 Å². The predicted molar refractivity (Wildman–Crippen MR) is 36.6 cm³/mol. The molecular weight excluding hydrogens is 128 g/mol. The van der Waals surface area contributed by atoms with Gasteiger partial charge in [-0.05, 0) is 37.0 Å². The molecule has 0 aliphatic heterocycles. The Labute approximate surface area is 60.2 Å². The average molecular weight is 140 g/mol. The molecule has 0 aromatic heterocycles. The molecule has 2 rings (SSSR count). The number of hydrogen-bond acceptors (Lipinski definition) is 1. The zero-order valence-corrected chi connectivity index (χ0v) is 5.92. The molecule has 2 nitrogen and oxygen atoms in total. The van der Waals surface area contributed by atoms with E-state index in [9.17, 15) is 4.79 Å². The quantitative estimate of drug-likeness (QED) is 0.631. The maximum Gasteiger partial charge on any atom is 0.303 e. The van der Waals surface area contributed by atoms with E-state index in [1.54, 1.807) is 0 Å². The Kier molecular flexibility index (Phi) is 1.22. The van der Waals surface area contributed by atoms with Crippen molar-refractivity contribution < 1.29 is 9.90 Å². The van der Waals surface area contributed by atoms with E-state index < -0.39 is 5.97 Å². The molecule has 0 unspecified atom stereocenters. The second kappa shape index (κ2) is 1.97. The van der Waals surface area contributed by atoms with Crippen molar-refractivity contribution in [1.82, 2.24) is 0 Å². The van der Waals surface area contributed by atoms with Crippen LogP contribution in [0.1, 0.15) is 25.7 Å². The SMILES string of the molecule is O=C(O)C[C@@H]1CC[C@@H]2C[C@H]21. The molecule has 0 amide bonds. The summed E-state index contributed by atoms with van der Waals surface area (Å²) in [5.41, 5.74) is 0. The Hall–Kier alpha value is -0.530. The fourth-order valence-corrected chi connectivity index (χ4v) is 2.30. The van der Waals surface area contributed by atoms with E-state index in [1.165, 1.54) is 19.3 Å². The van der Waals surface area contributed by atoms with Gasteiger partial charge >= 0.3 is 5.97 Å². The molecule has 2 aliphatic rings. The van der Waals surface area contributed by atoms with Gasteiger partial charge in [-0.25, -0.2) is 0 Å². The first-order valence-corrected chi connectivity index (χ1v) is 3.99. The van der Waals surface area contributed by atoms with Crippen molar-refractivity contribution >= 4 is 5.97 Å². The lowest BCUT2D eigenvalue weighted by molar-refractivity contribution is -0.138. The van der Waals surface area contributed by atoms with Crippen LogP contribution in [0.25, 0.3) is 0 Å². The summed E-state index contributed by atoms with van der Waals surface area (Å²) in [6.45, 7) is 0. The molecule has 0 saturated heterocycles. The molecule has 0 radical (unpaired) electrons. The van der Waals surface area contributed by atoms with Gasteiger partial charge in [-0.1, -0.05) is 0 Å². The van der Waals surface area contributed by atoms with Crippen LogP contribution in [0.3, 0.4) is 0 Å². The maximum atomic E-state index is 10.3. The Balaban J connectivity index is 1.88. The first-order chi connectivity index (χ1) is 4.77. The van der Waals surface area contributed by atoms with Gasteiger partial charge in [-0.2, -0.15) is 0 Å². The first kappa shape index (κ1) is 6.20. The molecule has 0 aromatic rings. The number of fused-ring (bicyclic) bond motifs is 1. The van der Waals surface area contributed by atoms with Gasteiger partial charge in [0.25, 0.3) is 0 Å². The van der Waals surface area contributed by atoms with E-state index in [4.69, 9.17) is 5.11 Å². The van der Waals surface area contributed by atoms with Crippen molar-refractivity contribution in [3.05, 3.63) is 0 Å². The second-order valence-electron chi connectivity index (χ2n) is 3.59. The molecule has 2 heteroatoms. The summed E-state index contributed by atoms with van der Waals surface area (Å²) in [7, 11) is 0. The van der Waals surface area contributed by atoms with E-state index in [2.05, 4.69) is 0 Å². The molecule has 1 N–H and O–H groups in total. The van der Waals surface area contributed by atoms with Crippen molar-refractivity contribution in [2.75, 3.05) is 0 Å². The van der Waals surface area contributed by atoms with Gasteiger partial charge < -0.3 is 5.11 Å². The van der Waals surface area contributed by atoms with Gasteiger partial charge in [0.05, 0.1) is 0 Å². The topological polar surface area (TPSA) is 37.3 Å². The molecule has 3 atom stereocenters. The highest BCUT2D eigenvalue weighted by molar-refractivity contribution is 5.67. The fraction of sp³-hybridized carbons (Fsp3) is 0.875. The normalized spacial score (nSPS) is 43.0. The van der Waals surface area contributed by atoms with Crippen molar-refractivity contribution in [2.24, 2.45) is 17.8 Å². The third-order valence-corrected chi connectivity index (χ3v) is 2.93. The summed E-state index contributed by atoms with van der Waals surface area (Å²) < 4.78 is 0. The molecule has 0 spiro atoms. The highest BCUT2D eigenvalue weighted by atomic mass is 16.4. The van der Waals surface area contributed by atoms with Gasteiger partial charge in [-0.3, -0.25) is 4.79 Å². The summed E-state index contributed by atoms with van der Waals surface area (Å²) in [4.78, 5) is 10.3. The second-order valence-corrected chi connectivity index (χ2v) is 3.59. The van der Waals surface area contributed by atoms with Gasteiger partial charge in [0, 0.05) is 6.42 Å². The highest BCUT2D eigenvalue weighted by Gasteiger charge is 2.48. The van der Waals surface area contributed by atoms with Crippen molar-refractivity contribution in [1.29, 1.82) is 0 Å². The lowest BCUT2D eigenvalue weighted by atomic mass is 10.00. The van der Waals surface area contributed by atoms with Crippen LogP contribution in [-0.4, -0.2) is 11.1 Å². The van der Waals surface area contributed by atoms with Crippen LogP contribution in [-0.2, 0) is 4.79 Å². The number of carboxylic acid groups (broad SMARTS) is 1. The average Bonchev–Trinajstić information content (AvgIpc) is 2.52. The number of carbonyl (C=O) groups is 1. The zero-order valence-electron chi connectivity index (χ0n) is 5.92. The molecule has 56 valence electrons. The number of hydrogen-bond donors (Lipinski definition) is 1.